The third kappa shape index (κ3) is 5.19. The van der Waals surface area contributed by atoms with Gasteiger partial charge in [0.1, 0.15) is 5.82 Å². The number of hydrogen-bond donors (Lipinski definition) is 2. The average Bonchev–Trinajstić information content (AvgIpc) is 2.88. The number of aromatic nitrogens is 4. The number of nitrogen functional groups attached to an aromatic ring is 1. The zero-order chi connectivity index (χ0) is 24.8. The van der Waals surface area contributed by atoms with Crippen LogP contribution in [0, 0.1) is 0 Å². The molecule has 0 aliphatic carbocycles. The van der Waals surface area contributed by atoms with Crippen molar-refractivity contribution < 1.29 is 4.79 Å². The molecule has 2 aromatic carbocycles. The highest BCUT2D eigenvalue weighted by molar-refractivity contribution is 6.06. The van der Waals surface area contributed by atoms with Crippen molar-refractivity contribution in [3.8, 4) is 11.4 Å². The highest BCUT2D eigenvalue weighted by Gasteiger charge is 2.26. The standard InChI is InChI=1S/C26H26N6O3/c1-2-3-14-31-22(27)21(24(33)30-26(31)35)32(17-18-10-6-4-7-11-18)25(34)20-15-28-23(29-16-20)19-12-8-5-9-13-19/h4-13,15-16H,2-3,14,17,27H2,1H3,(H,30,33,35). The average molecular weight is 471 g/mol. The Hall–Kier alpha value is -4.53. The molecule has 0 atom stereocenters. The second-order valence-electron chi connectivity index (χ2n) is 8.04. The van der Waals surface area contributed by atoms with E-state index in [1.54, 1.807) is 0 Å². The molecule has 1 amide bonds. The van der Waals surface area contributed by atoms with Crippen LogP contribution >= 0.6 is 0 Å². The van der Waals surface area contributed by atoms with E-state index in [9.17, 15) is 14.4 Å². The first-order chi connectivity index (χ1) is 17.0. The zero-order valence-corrected chi connectivity index (χ0v) is 19.3. The Morgan fingerprint density at radius 3 is 2.26 bits per heavy atom. The molecule has 0 fully saturated rings. The number of nitrogens with one attached hydrogen (secondary N) is 1. The van der Waals surface area contributed by atoms with Crippen molar-refractivity contribution in [1.29, 1.82) is 0 Å². The van der Waals surface area contributed by atoms with Gasteiger partial charge in [-0.1, -0.05) is 74.0 Å². The summed E-state index contributed by atoms with van der Waals surface area (Å²) in [5.41, 5.74) is 6.68. The van der Waals surface area contributed by atoms with Crippen LogP contribution < -0.4 is 21.9 Å². The lowest BCUT2D eigenvalue weighted by Crippen LogP contribution is -2.41. The quantitative estimate of drug-likeness (QED) is 0.407. The van der Waals surface area contributed by atoms with Crippen molar-refractivity contribution in [2.24, 2.45) is 0 Å². The van der Waals surface area contributed by atoms with Crippen molar-refractivity contribution in [3.63, 3.8) is 0 Å². The van der Waals surface area contributed by atoms with Gasteiger partial charge in [-0.05, 0) is 12.0 Å². The molecule has 2 heterocycles. The van der Waals surface area contributed by atoms with Gasteiger partial charge in [0.15, 0.2) is 11.5 Å². The fourth-order valence-electron chi connectivity index (χ4n) is 3.73. The molecule has 0 radical (unpaired) electrons. The minimum absolute atomic E-state index is 0.0571. The molecule has 9 nitrogen and oxygen atoms in total. The van der Waals surface area contributed by atoms with Gasteiger partial charge in [0.25, 0.3) is 11.5 Å². The van der Waals surface area contributed by atoms with Gasteiger partial charge in [-0.25, -0.2) is 14.8 Å². The lowest BCUT2D eigenvalue weighted by atomic mass is 10.1. The van der Waals surface area contributed by atoms with Gasteiger partial charge in [0.2, 0.25) is 0 Å². The first kappa shape index (κ1) is 23.6. The van der Waals surface area contributed by atoms with Crippen molar-refractivity contribution in [1.82, 2.24) is 19.5 Å². The van der Waals surface area contributed by atoms with Crippen LogP contribution in [-0.4, -0.2) is 25.4 Å². The fraction of sp³-hybridized carbons (Fsp3) is 0.192. The van der Waals surface area contributed by atoms with E-state index in [-0.39, 0.29) is 23.6 Å². The van der Waals surface area contributed by atoms with Crippen LogP contribution in [0.5, 0.6) is 0 Å². The molecular formula is C26H26N6O3. The van der Waals surface area contributed by atoms with Gasteiger partial charge in [0, 0.05) is 24.5 Å². The van der Waals surface area contributed by atoms with Gasteiger partial charge < -0.3 is 5.73 Å². The molecule has 2 aromatic heterocycles. The first-order valence-corrected chi connectivity index (χ1v) is 11.4. The molecule has 35 heavy (non-hydrogen) atoms. The number of hydrogen-bond acceptors (Lipinski definition) is 6. The Bertz CT molecular complexity index is 1410. The van der Waals surface area contributed by atoms with Crippen LogP contribution in [0.2, 0.25) is 0 Å². The first-order valence-electron chi connectivity index (χ1n) is 11.4. The summed E-state index contributed by atoms with van der Waals surface area (Å²) in [7, 11) is 0. The minimum atomic E-state index is -0.730. The molecule has 4 rings (SSSR count). The number of amides is 1. The van der Waals surface area contributed by atoms with Gasteiger partial charge in [-0.2, -0.15) is 0 Å². The minimum Gasteiger partial charge on any atom is -0.383 e. The number of aromatic amines is 1. The van der Waals surface area contributed by atoms with E-state index in [0.717, 1.165) is 17.5 Å². The smallest absolute Gasteiger partial charge is 0.330 e. The molecule has 0 bridgehead atoms. The zero-order valence-electron chi connectivity index (χ0n) is 19.3. The Morgan fingerprint density at radius 2 is 1.63 bits per heavy atom. The molecule has 4 aromatic rings. The van der Waals surface area contributed by atoms with Crippen LogP contribution in [0.15, 0.2) is 82.6 Å². The third-order valence-corrected chi connectivity index (χ3v) is 5.58. The van der Waals surface area contributed by atoms with Crippen LogP contribution in [-0.2, 0) is 13.1 Å². The van der Waals surface area contributed by atoms with Gasteiger partial charge >= 0.3 is 5.69 Å². The molecule has 0 spiro atoms. The summed E-state index contributed by atoms with van der Waals surface area (Å²) >= 11 is 0. The van der Waals surface area contributed by atoms with Crippen LogP contribution in [0.4, 0.5) is 11.5 Å². The van der Waals surface area contributed by atoms with Crippen molar-refractivity contribution >= 4 is 17.4 Å². The summed E-state index contributed by atoms with van der Waals surface area (Å²) in [6.45, 7) is 2.38. The topological polar surface area (TPSA) is 127 Å². The fourth-order valence-corrected chi connectivity index (χ4v) is 3.73. The second kappa shape index (κ2) is 10.6. The summed E-state index contributed by atoms with van der Waals surface area (Å²) in [4.78, 5) is 51.3. The summed E-state index contributed by atoms with van der Waals surface area (Å²) in [5.74, 6) is -0.0908. The number of carbonyl (C=O) groups excluding carboxylic acids is 1. The normalized spacial score (nSPS) is 10.8. The number of anilines is 2. The number of nitrogens with two attached hydrogens (primary N) is 1. The number of rotatable bonds is 8. The summed E-state index contributed by atoms with van der Waals surface area (Å²) < 4.78 is 1.29. The number of H-pyrrole nitrogens is 1. The predicted molar refractivity (Wildman–Crippen MR) is 135 cm³/mol. The molecule has 0 aliphatic rings. The molecule has 3 N–H and O–H groups in total. The highest BCUT2D eigenvalue weighted by atomic mass is 16.2. The van der Waals surface area contributed by atoms with Gasteiger partial charge in [-0.3, -0.25) is 24.0 Å². The van der Waals surface area contributed by atoms with Crippen molar-refractivity contribution in [2.45, 2.75) is 32.9 Å². The van der Waals surface area contributed by atoms with E-state index >= 15 is 0 Å². The number of benzene rings is 2. The Morgan fingerprint density at radius 1 is 1.00 bits per heavy atom. The van der Waals surface area contributed by atoms with Crippen LogP contribution in [0.25, 0.3) is 11.4 Å². The van der Waals surface area contributed by atoms with Crippen molar-refractivity contribution in [3.05, 3.63) is 105 Å². The molecule has 0 aliphatic heterocycles. The molecule has 0 unspecified atom stereocenters. The number of carbonyl (C=O) groups is 1. The Balaban J connectivity index is 1.77. The maximum absolute atomic E-state index is 13.7. The Kier molecular flexibility index (Phi) is 7.15. The van der Waals surface area contributed by atoms with Crippen LogP contribution in [0.1, 0.15) is 35.7 Å². The summed E-state index contributed by atoms with van der Waals surface area (Å²) in [6, 6.07) is 18.6. The van der Waals surface area contributed by atoms with E-state index in [1.807, 2.05) is 67.6 Å². The van der Waals surface area contributed by atoms with E-state index in [1.165, 1.54) is 21.9 Å². The largest absolute Gasteiger partial charge is 0.383 e. The molecular weight excluding hydrogens is 444 g/mol. The summed E-state index contributed by atoms with van der Waals surface area (Å²) in [6.07, 6.45) is 4.37. The lowest BCUT2D eigenvalue weighted by Gasteiger charge is -2.24. The summed E-state index contributed by atoms with van der Waals surface area (Å²) in [5, 5.41) is 0. The van der Waals surface area contributed by atoms with E-state index in [4.69, 9.17) is 5.73 Å². The van der Waals surface area contributed by atoms with Crippen molar-refractivity contribution in [2.75, 3.05) is 10.6 Å². The predicted octanol–water partition coefficient (Wildman–Crippen LogP) is 3.22. The number of unbranched alkanes of at least 4 members (excludes halogenated alkanes) is 1. The maximum atomic E-state index is 13.7. The monoisotopic (exact) mass is 470 g/mol. The number of nitrogens with zero attached hydrogens (tertiary/aromatic N) is 4. The molecule has 178 valence electrons. The molecule has 9 heteroatoms. The van der Waals surface area contributed by atoms with E-state index in [0.29, 0.717) is 18.8 Å². The third-order valence-electron chi connectivity index (χ3n) is 5.58. The highest BCUT2D eigenvalue weighted by Crippen LogP contribution is 2.23. The van der Waals surface area contributed by atoms with Gasteiger partial charge in [0.05, 0.1) is 12.1 Å². The maximum Gasteiger partial charge on any atom is 0.330 e. The second-order valence-corrected chi connectivity index (χ2v) is 8.04. The van der Waals surface area contributed by atoms with E-state index in [2.05, 4.69) is 15.0 Å². The molecule has 0 saturated heterocycles. The van der Waals surface area contributed by atoms with E-state index < -0.39 is 17.2 Å². The lowest BCUT2D eigenvalue weighted by molar-refractivity contribution is 0.0984. The van der Waals surface area contributed by atoms with Crippen LogP contribution in [0.3, 0.4) is 0 Å². The van der Waals surface area contributed by atoms with Gasteiger partial charge in [-0.15, -0.1) is 0 Å². The molecule has 0 saturated carbocycles. The Labute approximate surface area is 201 Å². The SMILES string of the molecule is CCCCn1c(N)c(N(Cc2ccccc2)C(=O)c2cnc(-c3ccccc3)nc2)c(=O)[nH]c1=O.